The summed E-state index contributed by atoms with van der Waals surface area (Å²) >= 11 is 0. The minimum absolute atomic E-state index is 0.209. The zero-order valence-corrected chi connectivity index (χ0v) is 19.9. The van der Waals surface area contributed by atoms with Crippen molar-refractivity contribution in [3.05, 3.63) is 42.6 Å². The first-order valence-corrected chi connectivity index (χ1v) is 11.3. The minimum Gasteiger partial charge on any atom is -0.497 e. The molecule has 1 heterocycles. The standard InChI is InChI=1S/C25H34N6O2/c1-5-6-12-31(3)13-10-21(26)24(32)29-23-15-18(22-9-11-28-25(27-2)30-22)14-17-7-8-19(33-4)16-20(17)23/h7-9,11,14-16,21H,5-6,10,12-13,26H2,1-4H3,(H,29,32)(H,27,28,30). The number of anilines is 2. The summed E-state index contributed by atoms with van der Waals surface area (Å²) in [6.45, 7) is 3.95. The summed E-state index contributed by atoms with van der Waals surface area (Å²) in [7, 11) is 5.46. The topological polar surface area (TPSA) is 105 Å². The van der Waals surface area contributed by atoms with Gasteiger partial charge in [0.15, 0.2) is 0 Å². The number of ether oxygens (including phenoxy) is 1. The normalized spacial score (nSPS) is 12.1. The molecular formula is C25H34N6O2. The molecule has 1 atom stereocenters. The first-order chi connectivity index (χ1) is 15.9. The van der Waals surface area contributed by atoms with E-state index in [1.54, 1.807) is 20.4 Å². The molecule has 0 aliphatic heterocycles. The molecule has 3 aromatic rings. The second kappa shape index (κ2) is 11.6. The van der Waals surface area contributed by atoms with Crippen molar-refractivity contribution in [1.29, 1.82) is 0 Å². The van der Waals surface area contributed by atoms with E-state index in [4.69, 9.17) is 10.5 Å². The van der Waals surface area contributed by atoms with Crippen LogP contribution in [0.1, 0.15) is 26.2 Å². The number of aromatic nitrogens is 2. The number of benzene rings is 2. The fourth-order valence-corrected chi connectivity index (χ4v) is 3.61. The first-order valence-electron chi connectivity index (χ1n) is 11.3. The Morgan fingerprint density at radius 3 is 2.76 bits per heavy atom. The van der Waals surface area contributed by atoms with Gasteiger partial charge in [-0.15, -0.1) is 0 Å². The van der Waals surface area contributed by atoms with Crippen molar-refractivity contribution in [1.82, 2.24) is 14.9 Å². The van der Waals surface area contributed by atoms with Crippen molar-refractivity contribution in [2.45, 2.75) is 32.2 Å². The first kappa shape index (κ1) is 24.4. The summed E-state index contributed by atoms with van der Waals surface area (Å²) in [4.78, 5) is 23.9. The lowest BCUT2D eigenvalue weighted by Gasteiger charge is -2.19. The number of unbranched alkanes of at least 4 members (excludes halogenated alkanes) is 1. The number of hydrogen-bond acceptors (Lipinski definition) is 7. The molecule has 33 heavy (non-hydrogen) atoms. The second-order valence-corrected chi connectivity index (χ2v) is 8.17. The highest BCUT2D eigenvalue weighted by Crippen LogP contribution is 2.33. The molecule has 0 saturated carbocycles. The molecule has 8 heteroatoms. The van der Waals surface area contributed by atoms with E-state index < -0.39 is 6.04 Å². The summed E-state index contributed by atoms with van der Waals surface area (Å²) in [6.07, 6.45) is 4.57. The molecule has 3 rings (SSSR count). The van der Waals surface area contributed by atoms with Crippen molar-refractivity contribution in [2.75, 3.05) is 44.9 Å². The van der Waals surface area contributed by atoms with Crippen LogP contribution < -0.4 is 21.1 Å². The summed E-state index contributed by atoms with van der Waals surface area (Å²) in [5.41, 5.74) is 8.53. The van der Waals surface area contributed by atoms with Crippen molar-refractivity contribution in [3.63, 3.8) is 0 Å². The monoisotopic (exact) mass is 450 g/mol. The van der Waals surface area contributed by atoms with Crippen LogP contribution in [0.5, 0.6) is 5.75 Å². The van der Waals surface area contributed by atoms with Crippen molar-refractivity contribution in [2.24, 2.45) is 5.73 Å². The van der Waals surface area contributed by atoms with Gasteiger partial charge in [0.25, 0.3) is 0 Å². The Kier molecular flexibility index (Phi) is 8.57. The van der Waals surface area contributed by atoms with Gasteiger partial charge < -0.3 is 26.0 Å². The zero-order chi connectivity index (χ0) is 23.8. The summed E-state index contributed by atoms with van der Waals surface area (Å²) < 4.78 is 5.40. The van der Waals surface area contributed by atoms with Crippen LogP contribution in [0.25, 0.3) is 22.0 Å². The fraction of sp³-hybridized carbons (Fsp3) is 0.400. The molecule has 0 aliphatic rings. The molecule has 0 bridgehead atoms. The maximum Gasteiger partial charge on any atom is 0.241 e. The number of fused-ring (bicyclic) bond motifs is 1. The third kappa shape index (κ3) is 6.40. The number of carbonyl (C=O) groups is 1. The number of methoxy groups -OCH3 is 1. The number of hydrogen-bond donors (Lipinski definition) is 3. The lowest BCUT2D eigenvalue weighted by atomic mass is 10.0. The van der Waals surface area contributed by atoms with Gasteiger partial charge in [0.1, 0.15) is 5.75 Å². The molecule has 0 radical (unpaired) electrons. The van der Waals surface area contributed by atoms with Gasteiger partial charge >= 0.3 is 0 Å². The highest BCUT2D eigenvalue weighted by molar-refractivity contribution is 6.06. The van der Waals surface area contributed by atoms with E-state index in [9.17, 15) is 4.79 Å². The van der Waals surface area contributed by atoms with E-state index in [0.717, 1.165) is 48.0 Å². The van der Waals surface area contributed by atoms with E-state index in [1.165, 1.54) is 0 Å². The summed E-state index contributed by atoms with van der Waals surface area (Å²) in [5.74, 6) is 1.04. The summed E-state index contributed by atoms with van der Waals surface area (Å²) in [5, 5.41) is 7.84. The summed E-state index contributed by atoms with van der Waals surface area (Å²) in [6, 6.07) is 11.0. The average molecular weight is 451 g/mol. The number of rotatable bonds is 11. The minimum atomic E-state index is -0.603. The Hall–Kier alpha value is -3.23. The fourth-order valence-electron chi connectivity index (χ4n) is 3.61. The largest absolute Gasteiger partial charge is 0.497 e. The molecule has 0 aliphatic carbocycles. The average Bonchev–Trinajstić information content (AvgIpc) is 2.85. The Labute approximate surface area is 195 Å². The third-order valence-electron chi connectivity index (χ3n) is 5.65. The van der Waals surface area contributed by atoms with Crippen LogP contribution in [-0.2, 0) is 4.79 Å². The molecule has 1 amide bonds. The smallest absolute Gasteiger partial charge is 0.241 e. The predicted octanol–water partition coefficient (Wildman–Crippen LogP) is 3.73. The molecule has 176 valence electrons. The highest BCUT2D eigenvalue weighted by atomic mass is 16.5. The molecule has 4 N–H and O–H groups in total. The van der Waals surface area contributed by atoms with Gasteiger partial charge in [-0.2, -0.15) is 0 Å². The van der Waals surface area contributed by atoms with Gasteiger partial charge in [-0.1, -0.05) is 19.4 Å². The molecule has 2 aromatic carbocycles. The van der Waals surface area contributed by atoms with Crippen molar-refractivity contribution < 1.29 is 9.53 Å². The second-order valence-electron chi connectivity index (χ2n) is 8.17. The Balaban J connectivity index is 1.88. The Morgan fingerprint density at radius 1 is 1.21 bits per heavy atom. The van der Waals surface area contributed by atoms with Gasteiger partial charge in [-0.3, -0.25) is 4.79 Å². The lowest BCUT2D eigenvalue weighted by molar-refractivity contribution is -0.117. The number of nitrogens with zero attached hydrogens (tertiary/aromatic N) is 3. The SMILES string of the molecule is CCCCN(C)CCC(N)C(=O)Nc1cc(-c2ccnc(NC)n2)cc2ccc(OC)cc12. The zero-order valence-electron chi connectivity index (χ0n) is 19.9. The predicted molar refractivity (Wildman–Crippen MR) is 135 cm³/mol. The number of amides is 1. The van der Waals surface area contributed by atoms with Crippen LogP contribution in [-0.4, -0.2) is 61.1 Å². The maximum atomic E-state index is 13.0. The van der Waals surface area contributed by atoms with Gasteiger partial charge in [0, 0.05) is 29.9 Å². The molecule has 0 fully saturated rings. The van der Waals surface area contributed by atoms with Crippen LogP contribution in [0.2, 0.25) is 0 Å². The van der Waals surface area contributed by atoms with Gasteiger partial charge in [-0.05, 0) is 68.7 Å². The number of carbonyl (C=O) groups excluding carboxylic acids is 1. The molecule has 0 spiro atoms. The molecule has 1 unspecified atom stereocenters. The van der Waals surface area contributed by atoms with Gasteiger partial charge in [0.2, 0.25) is 11.9 Å². The van der Waals surface area contributed by atoms with Gasteiger partial charge in [0.05, 0.1) is 18.8 Å². The van der Waals surface area contributed by atoms with Crippen LogP contribution >= 0.6 is 0 Å². The van der Waals surface area contributed by atoms with Crippen LogP contribution in [0.15, 0.2) is 42.6 Å². The van der Waals surface area contributed by atoms with Crippen LogP contribution in [0.3, 0.4) is 0 Å². The highest BCUT2D eigenvalue weighted by Gasteiger charge is 2.17. The quantitative estimate of drug-likeness (QED) is 0.409. The van der Waals surface area contributed by atoms with Crippen molar-refractivity contribution in [3.8, 4) is 17.0 Å². The van der Waals surface area contributed by atoms with E-state index in [2.05, 4.69) is 39.5 Å². The molecule has 1 aromatic heterocycles. The third-order valence-corrected chi connectivity index (χ3v) is 5.65. The maximum absolute atomic E-state index is 13.0. The van der Waals surface area contributed by atoms with E-state index in [0.29, 0.717) is 23.8 Å². The number of nitrogens with one attached hydrogen (secondary N) is 2. The van der Waals surface area contributed by atoms with Crippen LogP contribution in [0.4, 0.5) is 11.6 Å². The van der Waals surface area contributed by atoms with Gasteiger partial charge in [-0.25, -0.2) is 9.97 Å². The number of nitrogens with two attached hydrogens (primary N) is 1. The molecular weight excluding hydrogens is 416 g/mol. The van der Waals surface area contributed by atoms with Crippen molar-refractivity contribution >= 4 is 28.3 Å². The molecule has 0 saturated heterocycles. The lowest BCUT2D eigenvalue weighted by Crippen LogP contribution is -2.38. The molecule has 8 nitrogen and oxygen atoms in total. The van der Waals surface area contributed by atoms with E-state index >= 15 is 0 Å². The van der Waals surface area contributed by atoms with E-state index in [-0.39, 0.29) is 5.91 Å². The Bertz CT molecular complexity index is 1090. The van der Waals surface area contributed by atoms with E-state index in [1.807, 2.05) is 36.4 Å². The van der Waals surface area contributed by atoms with Crippen LogP contribution in [0, 0.1) is 0 Å². The Morgan fingerprint density at radius 2 is 2.03 bits per heavy atom.